The van der Waals surface area contributed by atoms with Gasteiger partial charge in [0.2, 0.25) is 12.7 Å². The number of unbranched alkanes of at least 4 members (excludes halogenated alkanes) is 2. The minimum Gasteiger partial charge on any atom is -0.454 e. The monoisotopic (exact) mass is 612 g/mol. The molecule has 0 bridgehead atoms. The normalized spacial score (nSPS) is 17.4. The van der Waals surface area contributed by atoms with E-state index < -0.39 is 0 Å². The Morgan fingerprint density at radius 2 is 1.60 bits per heavy atom. The van der Waals surface area contributed by atoms with E-state index in [2.05, 4.69) is 108 Å². The second-order valence-electron chi connectivity index (χ2n) is 13.4. The van der Waals surface area contributed by atoms with Gasteiger partial charge in [-0.05, 0) is 85.8 Å². The summed E-state index contributed by atoms with van der Waals surface area (Å²) in [6.07, 6.45) is 8.35. The Hall–Kier alpha value is -3.31. The van der Waals surface area contributed by atoms with E-state index in [0.717, 1.165) is 54.5 Å². The van der Waals surface area contributed by atoms with E-state index in [1.807, 2.05) is 6.07 Å². The molecule has 3 aromatic carbocycles. The maximum absolute atomic E-state index is 13.5. The van der Waals surface area contributed by atoms with Crippen LogP contribution in [0, 0.1) is 26.7 Å². The lowest BCUT2D eigenvalue weighted by atomic mass is 9.90. The molecule has 2 aliphatic rings. The third-order valence-corrected chi connectivity index (χ3v) is 9.34. The van der Waals surface area contributed by atoms with Crippen molar-refractivity contribution in [2.45, 2.75) is 112 Å². The minimum atomic E-state index is 0.0495. The average molecular weight is 613 g/mol. The molecule has 45 heavy (non-hydrogen) atoms. The third-order valence-electron chi connectivity index (χ3n) is 9.34. The Morgan fingerprint density at radius 3 is 2.22 bits per heavy atom. The van der Waals surface area contributed by atoms with Gasteiger partial charge in [-0.3, -0.25) is 9.69 Å². The van der Waals surface area contributed by atoms with Crippen LogP contribution in [-0.2, 0) is 17.6 Å². The van der Waals surface area contributed by atoms with Crippen molar-refractivity contribution in [3.8, 4) is 11.5 Å². The van der Waals surface area contributed by atoms with Gasteiger partial charge in [0, 0.05) is 18.3 Å². The zero-order valence-electron chi connectivity index (χ0n) is 29.1. The molecule has 0 aromatic heterocycles. The number of hydrogen-bond donors (Lipinski definition) is 1. The number of carbonyl (C=O) groups excluding carboxylic acids is 1. The zero-order valence-corrected chi connectivity index (χ0v) is 29.1. The topological polar surface area (TPSA) is 50.8 Å². The summed E-state index contributed by atoms with van der Waals surface area (Å²) in [5.41, 5.74) is 9.58. The van der Waals surface area contributed by atoms with Crippen LogP contribution in [0.4, 0.5) is 5.69 Å². The molecule has 244 valence electrons. The molecule has 0 unspecified atom stereocenters. The van der Waals surface area contributed by atoms with E-state index in [9.17, 15) is 4.79 Å². The number of fused-ring (bicyclic) bond motifs is 1. The second-order valence-corrected chi connectivity index (χ2v) is 13.4. The second kappa shape index (κ2) is 16.3. The summed E-state index contributed by atoms with van der Waals surface area (Å²) >= 11 is 0. The van der Waals surface area contributed by atoms with Gasteiger partial charge in [0.15, 0.2) is 11.5 Å². The lowest BCUT2D eigenvalue weighted by Gasteiger charge is -2.25. The van der Waals surface area contributed by atoms with Gasteiger partial charge < -0.3 is 14.8 Å². The lowest BCUT2D eigenvalue weighted by molar-refractivity contribution is -0.117. The molecule has 0 spiro atoms. The lowest BCUT2D eigenvalue weighted by Crippen LogP contribution is -2.33. The predicted molar refractivity (Wildman–Crippen MR) is 188 cm³/mol. The molecule has 0 radical (unpaired) electrons. The largest absolute Gasteiger partial charge is 0.454 e. The van der Waals surface area contributed by atoms with E-state index in [0.29, 0.717) is 12.5 Å². The van der Waals surface area contributed by atoms with Crippen LogP contribution in [0.1, 0.15) is 118 Å². The van der Waals surface area contributed by atoms with Gasteiger partial charge in [-0.2, -0.15) is 0 Å². The molecule has 3 aromatic rings. The Bertz CT molecular complexity index is 1390. The summed E-state index contributed by atoms with van der Waals surface area (Å²) < 4.78 is 11.4. The van der Waals surface area contributed by atoms with Gasteiger partial charge in [-0.25, -0.2) is 0 Å². The SMILES string of the molecule is CCCCCC(C)C.CCc1cc(C)cc(CC)c1NC(=O)CN1C[C@H](c2ccc3c(c2C)OCO3)C[C@@H]1c1ccc(C)cc1. The number of nitrogens with one attached hydrogen (secondary N) is 1. The summed E-state index contributed by atoms with van der Waals surface area (Å²) in [6, 6.07) is 17.5. The summed E-state index contributed by atoms with van der Waals surface area (Å²) in [5, 5.41) is 3.30. The van der Waals surface area contributed by atoms with Crippen LogP contribution in [0.2, 0.25) is 0 Å². The molecule has 0 aliphatic carbocycles. The number of likely N-dealkylation sites (tertiary alicyclic amines) is 1. The molecule has 1 saturated heterocycles. The van der Waals surface area contributed by atoms with Gasteiger partial charge in [-0.15, -0.1) is 0 Å². The van der Waals surface area contributed by atoms with Crippen LogP contribution in [0.5, 0.6) is 11.5 Å². The Labute approximate surface area is 272 Å². The summed E-state index contributed by atoms with van der Waals surface area (Å²) in [4.78, 5) is 15.8. The Balaban J connectivity index is 0.000000510. The number of nitrogens with zero attached hydrogens (tertiary/aromatic N) is 1. The average Bonchev–Trinajstić information content (AvgIpc) is 3.66. The number of benzene rings is 3. The third kappa shape index (κ3) is 8.91. The van der Waals surface area contributed by atoms with Crippen LogP contribution >= 0.6 is 0 Å². The molecule has 1 amide bonds. The van der Waals surface area contributed by atoms with Gasteiger partial charge in [-0.1, -0.05) is 114 Å². The molecule has 2 aliphatic heterocycles. The highest BCUT2D eigenvalue weighted by molar-refractivity contribution is 5.94. The van der Waals surface area contributed by atoms with Crippen LogP contribution in [0.3, 0.4) is 0 Å². The van der Waals surface area contributed by atoms with Crippen LogP contribution in [-0.4, -0.2) is 30.7 Å². The van der Waals surface area contributed by atoms with Crippen LogP contribution in [0.15, 0.2) is 48.5 Å². The van der Waals surface area contributed by atoms with Crippen molar-refractivity contribution in [3.63, 3.8) is 0 Å². The molecule has 5 heteroatoms. The smallest absolute Gasteiger partial charge is 0.238 e. The van der Waals surface area contributed by atoms with E-state index in [4.69, 9.17) is 9.47 Å². The summed E-state index contributed by atoms with van der Waals surface area (Å²) in [6.45, 7) is 18.9. The number of aryl methyl sites for hydroxylation is 4. The van der Waals surface area contributed by atoms with Crippen molar-refractivity contribution in [1.82, 2.24) is 4.90 Å². The van der Waals surface area contributed by atoms with Crippen molar-refractivity contribution in [2.75, 3.05) is 25.2 Å². The number of carbonyl (C=O) groups is 1. The number of anilines is 1. The van der Waals surface area contributed by atoms with E-state index in [1.165, 1.54) is 59.1 Å². The molecule has 1 fully saturated rings. The maximum Gasteiger partial charge on any atom is 0.238 e. The van der Waals surface area contributed by atoms with Gasteiger partial charge in [0.25, 0.3) is 0 Å². The van der Waals surface area contributed by atoms with Crippen LogP contribution in [0.25, 0.3) is 0 Å². The molecular weight excluding hydrogens is 556 g/mol. The number of ether oxygens (including phenoxy) is 2. The maximum atomic E-state index is 13.5. The van der Waals surface area contributed by atoms with Crippen molar-refractivity contribution < 1.29 is 14.3 Å². The van der Waals surface area contributed by atoms with Crippen LogP contribution < -0.4 is 14.8 Å². The van der Waals surface area contributed by atoms with Crippen molar-refractivity contribution in [2.24, 2.45) is 5.92 Å². The predicted octanol–water partition coefficient (Wildman–Crippen LogP) is 9.86. The van der Waals surface area contributed by atoms with Gasteiger partial charge in [0.1, 0.15) is 0 Å². The molecule has 0 saturated carbocycles. The Morgan fingerprint density at radius 1 is 0.911 bits per heavy atom. The fourth-order valence-electron chi connectivity index (χ4n) is 6.83. The first-order chi connectivity index (χ1) is 21.6. The summed E-state index contributed by atoms with van der Waals surface area (Å²) in [7, 11) is 0. The summed E-state index contributed by atoms with van der Waals surface area (Å²) in [5.74, 6) is 2.95. The molecule has 2 heterocycles. The highest BCUT2D eigenvalue weighted by Crippen LogP contribution is 2.45. The first kappa shape index (κ1) is 34.6. The van der Waals surface area contributed by atoms with E-state index >= 15 is 0 Å². The quantitative estimate of drug-likeness (QED) is 0.219. The Kier molecular flexibility index (Phi) is 12.5. The fourth-order valence-corrected chi connectivity index (χ4v) is 6.83. The molecule has 5 nitrogen and oxygen atoms in total. The van der Waals surface area contributed by atoms with Crippen molar-refractivity contribution in [3.05, 3.63) is 87.5 Å². The number of hydrogen-bond acceptors (Lipinski definition) is 4. The van der Waals surface area contributed by atoms with Crippen molar-refractivity contribution >= 4 is 11.6 Å². The fraction of sp³-hybridized carbons (Fsp3) is 0.525. The number of rotatable bonds is 11. The highest BCUT2D eigenvalue weighted by Gasteiger charge is 2.36. The van der Waals surface area contributed by atoms with Crippen molar-refractivity contribution in [1.29, 1.82) is 0 Å². The van der Waals surface area contributed by atoms with E-state index in [1.54, 1.807) is 0 Å². The minimum absolute atomic E-state index is 0.0495. The zero-order chi connectivity index (χ0) is 32.5. The first-order valence-corrected chi connectivity index (χ1v) is 17.3. The number of amides is 1. The standard InChI is InChI=1S/C32H38N2O3.C8H18/c1-6-23-14-21(4)15-24(7-2)31(23)33-30(35)18-34-17-26(16-28(34)25-10-8-20(3)9-11-25)27-12-13-29-32(22(27)5)37-19-36-29;1-4-5-6-7-8(2)3/h8-15,26,28H,6-7,16-19H2,1-5H3,(H,33,35);8H,4-7H2,1-3H3/t26-,28-;/m1./s1. The molecule has 5 rings (SSSR count). The van der Waals surface area contributed by atoms with Gasteiger partial charge >= 0.3 is 0 Å². The molecule has 2 atom stereocenters. The molecule has 1 N–H and O–H groups in total. The molecular formula is C40H56N2O3. The highest BCUT2D eigenvalue weighted by atomic mass is 16.7. The van der Waals surface area contributed by atoms with E-state index in [-0.39, 0.29) is 18.7 Å². The first-order valence-electron chi connectivity index (χ1n) is 17.3. The van der Waals surface area contributed by atoms with Gasteiger partial charge in [0.05, 0.1) is 6.54 Å².